The molecule has 1 saturated heterocycles. The van der Waals surface area contributed by atoms with Crippen LogP contribution in [-0.2, 0) is 0 Å². The van der Waals surface area contributed by atoms with E-state index in [9.17, 15) is 0 Å². The maximum Gasteiger partial charge on any atom is 0.198 e. The maximum atomic E-state index is 5.63. The number of hydrogen-bond donors (Lipinski definition) is 3. The molecule has 84 valence electrons. The van der Waals surface area contributed by atoms with E-state index >= 15 is 0 Å². The normalized spacial score (nSPS) is 16.9. The number of aromatic nitrogens is 2. The molecule has 16 heavy (non-hydrogen) atoms. The minimum absolute atomic E-state index is 0.479. The molecule has 0 radical (unpaired) electrons. The summed E-state index contributed by atoms with van der Waals surface area (Å²) in [6.45, 7) is 4.19. The lowest BCUT2D eigenvalue weighted by atomic mass is 10.2. The van der Waals surface area contributed by atoms with Crippen molar-refractivity contribution >= 4 is 22.7 Å². The molecule has 2 heterocycles. The zero-order chi connectivity index (χ0) is 11.0. The number of piperazine rings is 1. The summed E-state index contributed by atoms with van der Waals surface area (Å²) in [6, 6.07) is 6.23. The Hall–Kier alpha value is -1.75. The highest BCUT2D eigenvalue weighted by molar-refractivity contribution is 5.81. The fourth-order valence-corrected chi connectivity index (χ4v) is 2.14. The quantitative estimate of drug-likeness (QED) is 0.652. The van der Waals surface area contributed by atoms with Gasteiger partial charge in [0.2, 0.25) is 0 Å². The number of benzene rings is 1. The average molecular weight is 217 g/mol. The molecule has 5 nitrogen and oxygen atoms in total. The number of nitrogens with one attached hydrogen (secondary N) is 2. The van der Waals surface area contributed by atoms with Gasteiger partial charge in [-0.15, -0.1) is 0 Å². The van der Waals surface area contributed by atoms with Crippen molar-refractivity contribution in [3.63, 3.8) is 0 Å². The smallest absolute Gasteiger partial charge is 0.198 e. The van der Waals surface area contributed by atoms with Crippen LogP contribution in [0.4, 0.5) is 11.6 Å². The summed E-state index contributed by atoms with van der Waals surface area (Å²) in [5.74, 6) is 0.479. The minimum Gasteiger partial charge on any atom is -0.369 e. The van der Waals surface area contributed by atoms with Gasteiger partial charge in [-0.2, -0.15) is 0 Å². The number of rotatable bonds is 1. The second-order valence-corrected chi connectivity index (χ2v) is 4.06. The molecule has 1 aliphatic heterocycles. The van der Waals surface area contributed by atoms with Crippen LogP contribution in [0.1, 0.15) is 0 Å². The van der Waals surface area contributed by atoms with E-state index in [2.05, 4.69) is 32.3 Å². The Balaban J connectivity index is 1.97. The molecule has 4 N–H and O–H groups in total. The molecule has 0 unspecified atom stereocenters. The standard InChI is InChI=1S/C11H15N5/c12-11-14-9-2-1-8(7-10(9)15-11)16-5-3-13-4-6-16/h1-2,7,13H,3-6H2,(H3,12,14,15). The molecule has 2 aromatic rings. The summed E-state index contributed by atoms with van der Waals surface area (Å²) >= 11 is 0. The summed E-state index contributed by atoms with van der Waals surface area (Å²) in [4.78, 5) is 9.62. The van der Waals surface area contributed by atoms with Crippen molar-refractivity contribution in [1.82, 2.24) is 15.3 Å². The van der Waals surface area contributed by atoms with Gasteiger partial charge >= 0.3 is 0 Å². The first-order chi connectivity index (χ1) is 7.83. The van der Waals surface area contributed by atoms with Gasteiger partial charge in [-0.3, -0.25) is 0 Å². The van der Waals surface area contributed by atoms with Crippen LogP contribution in [0.5, 0.6) is 0 Å². The van der Waals surface area contributed by atoms with E-state index in [1.165, 1.54) is 5.69 Å². The number of fused-ring (bicyclic) bond motifs is 1. The van der Waals surface area contributed by atoms with Crippen LogP contribution < -0.4 is 16.0 Å². The van der Waals surface area contributed by atoms with E-state index in [1.54, 1.807) is 0 Å². The van der Waals surface area contributed by atoms with Crippen molar-refractivity contribution in [2.45, 2.75) is 0 Å². The first-order valence-electron chi connectivity index (χ1n) is 5.54. The largest absolute Gasteiger partial charge is 0.369 e. The summed E-state index contributed by atoms with van der Waals surface area (Å²) in [7, 11) is 0. The van der Waals surface area contributed by atoms with Gasteiger partial charge < -0.3 is 20.9 Å². The number of hydrogen-bond acceptors (Lipinski definition) is 4. The van der Waals surface area contributed by atoms with Gasteiger partial charge in [-0.1, -0.05) is 0 Å². The summed E-state index contributed by atoms with van der Waals surface area (Å²) < 4.78 is 0. The fourth-order valence-electron chi connectivity index (χ4n) is 2.14. The number of nitrogens with zero attached hydrogens (tertiary/aromatic N) is 2. The Kier molecular flexibility index (Phi) is 2.18. The van der Waals surface area contributed by atoms with Gasteiger partial charge in [0.05, 0.1) is 11.0 Å². The number of imidazole rings is 1. The third kappa shape index (κ3) is 1.59. The molecule has 5 heteroatoms. The molecule has 0 spiro atoms. The van der Waals surface area contributed by atoms with Crippen molar-refractivity contribution < 1.29 is 0 Å². The van der Waals surface area contributed by atoms with Crippen molar-refractivity contribution in [3.05, 3.63) is 18.2 Å². The zero-order valence-corrected chi connectivity index (χ0v) is 9.03. The molecule has 3 rings (SSSR count). The molecule has 0 amide bonds. The maximum absolute atomic E-state index is 5.63. The molecule has 1 fully saturated rings. The molecule has 0 aliphatic carbocycles. The lowest BCUT2D eigenvalue weighted by Gasteiger charge is -2.29. The second-order valence-electron chi connectivity index (χ2n) is 4.06. The average Bonchev–Trinajstić information content (AvgIpc) is 2.69. The minimum atomic E-state index is 0.479. The Bertz CT molecular complexity index is 498. The molecule has 0 atom stereocenters. The number of nitrogens with two attached hydrogens (primary N) is 1. The number of aromatic amines is 1. The van der Waals surface area contributed by atoms with Gasteiger partial charge in [-0.05, 0) is 18.2 Å². The second kappa shape index (κ2) is 3.68. The van der Waals surface area contributed by atoms with Crippen LogP contribution >= 0.6 is 0 Å². The predicted molar refractivity (Wildman–Crippen MR) is 65.6 cm³/mol. The SMILES string of the molecule is Nc1nc2ccc(N3CCNCC3)cc2[nH]1. The van der Waals surface area contributed by atoms with Crippen LogP contribution in [-0.4, -0.2) is 36.1 Å². The van der Waals surface area contributed by atoms with Crippen molar-refractivity contribution in [2.75, 3.05) is 36.8 Å². The Morgan fingerprint density at radius 1 is 1.25 bits per heavy atom. The topological polar surface area (TPSA) is 70.0 Å². The lowest BCUT2D eigenvalue weighted by molar-refractivity contribution is 0.589. The highest BCUT2D eigenvalue weighted by Crippen LogP contribution is 2.21. The van der Waals surface area contributed by atoms with Gasteiger partial charge in [-0.25, -0.2) is 4.98 Å². The fraction of sp³-hybridized carbons (Fsp3) is 0.364. The Labute approximate surface area is 93.6 Å². The van der Waals surface area contributed by atoms with Crippen LogP contribution in [0.3, 0.4) is 0 Å². The van der Waals surface area contributed by atoms with Gasteiger partial charge in [0.1, 0.15) is 0 Å². The summed E-state index contributed by atoms with van der Waals surface area (Å²) in [6.07, 6.45) is 0. The Morgan fingerprint density at radius 2 is 2.06 bits per heavy atom. The molecule has 0 saturated carbocycles. The highest BCUT2D eigenvalue weighted by Gasteiger charge is 2.11. The summed E-state index contributed by atoms with van der Waals surface area (Å²) in [5, 5.41) is 3.34. The number of nitrogen functional groups attached to an aromatic ring is 1. The molecule has 1 aromatic carbocycles. The van der Waals surface area contributed by atoms with E-state index in [4.69, 9.17) is 5.73 Å². The lowest BCUT2D eigenvalue weighted by Crippen LogP contribution is -2.43. The predicted octanol–water partition coefficient (Wildman–Crippen LogP) is 0.555. The third-order valence-corrected chi connectivity index (χ3v) is 2.97. The molecule has 0 bridgehead atoms. The van der Waals surface area contributed by atoms with Crippen molar-refractivity contribution in [3.8, 4) is 0 Å². The highest BCUT2D eigenvalue weighted by atomic mass is 15.2. The van der Waals surface area contributed by atoms with E-state index in [0.717, 1.165) is 37.2 Å². The summed E-state index contributed by atoms with van der Waals surface area (Å²) in [5.41, 5.74) is 8.80. The van der Waals surface area contributed by atoms with Crippen molar-refractivity contribution in [2.24, 2.45) is 0 Å². The third-order valence-electron chi connectivity index (χ3n) is 2.97. The first kappa shape index (κ1) is 9.47. The van der Waals surface area contributed by atoms with E-state index in [0.29, 0.717) is 5.95 Å². The van der Waals surface area contributed by atoms with E-state index in [1.807, 2.05) is 6.07 Å². The van der Waals surface area contributed by atoms with Gasteiger partial charge in [0, 0.05) is 31.9 Å². The number of anilines is 2. The van der Waals surface area contributed by atoms with Crippen LogP contribution in [0.2, 0.25) is 0 Å². The van der Waals surface area contributed by atoms with Crippen LogP contribution in [0.25, 0.3) is 11.0 Å². The number of H-pyrrole nitrogens is 1. The van der Waals surface area contributed by atoms with Gasteiger partial charge in [0.25, 0.3) is 0 Å². The van der Waals surface area contributed by atoms with E-state index < -0.39 is 0 Å². The van der Waals surface area contributed by atoms with Gasteiger partial charge in [0.15, 0.2) is 5.95 Å². The first-order valence-corrected chi connectivity index (χ1v) is 5.54. The zero-order valence-electron chi connectivity index (χ0n) is 9.03. The Morgan fingerprint density at radius 3 is 2.88 bits per heavy atom. The molecular formula is C11H15N5. The van der Waals surface area contributed by atoms with E-state index in [-0.39, 0.29) is 0 Å². The van der Waals surface area contributed by atoms with Crippen molar-refractivity contribution in [1.29, 1.82) is 0 Å². The molecule has 1 aliphatic rings. The van der Waals surface area contributed by atoms with Crippen LogP contribution in [0.15, 0.2) is 18.2 Å². The van der Waals surface area contributed by atoms with Crippen LogP contribution in [0, 0.1) is 0 Å². The monoisotopic (exact) mass is 217 g/mol. The molecule has 1 aromatic heterocycles. The molecular weight excluding hydrogens is 202 g/mol.